The maximum Gasteiger partial charge on any atom is 0.214 e. The minimum atomic E-state index is -3.41. The van der Waals surface area contributed by atoms with E-state index in [-0.39, 0.29) is 18.9 Å². The van der Waals surface area contributed by atoms with Gasteiger partial charge < -0.3 is 14.2 Å². The Morgan fingerprint density at radius 2 is 1.80 bits per heavy atom. The zero-order valence-electron chi connectivity index (χ0n) is 16.8. The Morgan fingerprint density at radius 3 is 2.53 bits per heavy atom. The summed E-state index contributed by atoms with van der Waals surface area (Å²) in [7, 11) is -0.233. The van der Waals surface area contributed by atoms with Crippen LogP contribution in [0.4, 0.5) is 0 Å². The highest BCUT2D eigenvalue weighted by Crippen LogP contribution is 2.33. The zero-order valence-corrected chi connectivity index (χ0v) is 18.5. The molecule has 0 fully saturated rings. The monoisotopic (exact) mass is 448 g/mol. The van der Waals surface area contributed by atoms with Crippen molar-refractivity contribution >= 4 is 21.4 Å². The van der Waals surface area contributed by atoms with E-state index >= 15 is 0 Å². The normalized spacial score (nSPS) is 11.3. The van der Waals surface area contributed by atoms with Gasteiger partial charge in [0.15, 0.2) is 11.5 Å². The lowest BCUT2D eigenvalue weighted by atomic mass is 10.2. The molecule has 0 spiro atoms. The summed E-state index contributed by atoms with van der Waals surface area (Å²) in [6, 6.07) is 14.8. The molecule has 1 N–H and O–H groups in total. The van der Waals surface area contributed by atoms with E-state index in [2.05, 4.69) is 9.71 Å². The first-order chi connectivity index (χ1) is 14.5. The van der Waals surface area contributed by atoms with Crippen molar-refractivity contribution in [3.05, 3.63) is 59.6 Å². The Labute approximate surface area is 180 Å². The third-order valence-electron chi connectivity index (χ3n) is 4.25. The molecule has 0 saturated heterocycles. The molecule has 7 nitrogen and oxygen atoms in total. The molecule has 3 aromatic rings. The fourth-order valence-corrected chi connectivity index (χ4v) is 4.43. The first-order valence-electron chi connectivity index (χ1n) is 9.33. The second-order valence-electron chi connectivity index (χ2n) is 6.34. The number of rotatable bonds is 11. The molecule has 160 valence electrons. The van der Waals surface area contributed by atoms with Crippen LogP contribution in [0.25, 0.3) is 10.6 Å². The highest BCUT2D eigenvalue weighted by Gasteiger charge is 2.12. The molecular weight excluding hydrogens is 424 g/mol. The topological polar surface area (TPSA) is 86.8 Å². The largest absolute Gasteiger partial charge is 0.493 e. The van der Waals surface area contributed by atoms with Crippen LogP contribution in [0, 0.1) is 0 Å². The fraction of sp³-hybridized carbons (Fsp3) is 0.286. The van der Waals surface area contributed by atoms with Crippen LogP contribution in [-0.2, 0) is 16.4 Å². The fourth-order valence-electron chi connectivity index (χ4n) is 2.72. The number of nitrogens with zero attached hydrogens (tertiary/aromatic N) is 1. The van der Waals surface area contributed by atoms with Crippen LogP contribution in [0.5, 0.6) is 17.2 Å². The second-order valence-corrected chi connectivity index (χ2v) is 9.12. The van der Waals surface area contributed by atoms with Gasteiger partial charge in [-0.05, 0) is 30.3 Å². The Hall–Kier alpha value is -2.62. The van der Waals surface area contributed by atoms with Crippen molar-refractivity contribution in [1.82, 2.24) is 9.71 Å². The molecule has 0 aliphatic rings. The summed E-state index contributed by atoms with van der Waals surface area (Å²) in [6.07, 6.45) is 0.503. The SMILES string of the molecule is COc1ccc(-c2nc(CCNS(=O)(=O)CCOc3ccccc3)cs2)cc1OC. The van der Waals surface area contributed by atoms with Gasteiger partial charge in [0.2, 0.25) is 10.0 Å². The molecule has 9 heteroatoms. The van der Waals surface area contributed by atoms with Gasteiger partial charge >= 0.3 is 0 Å². The van der Waals surface area contributed by atoms with E-state index < -0.39 is 10.0 Å². The number of methoxy groups -OCH3 is 2. The van der Waals surface area contributed by atoms with Crippen LogP contribution >= 0.6 is 11.3 Å². The third kappa shape index (κ3) is 6.19. The molecule has 0 radical (unpaired) electrons. The molecule has 0 saturated carbocycles. The summed E-state index contributed by atoms with van der Waals surface area (Å²) in [5.41, 5.74) is 1.75. The van der Waals surface area contributed by atoms with E-state index in [1.54, 1.807) is 26.4 Å². The van der Waals surface area contributed by atoms with Gasteiger partial charge in [-0.3, -0.25) is 0 Å². The number of thiazole rings is 1. The van der Waals surface area contributed by atoms with E-state index in [4.69, 9.17) is 14.2 Å². The van der Waals surface area contributed by atoms with Gasteiger partial charge in [0, 0.05) is 23.9 Å². The van der Waals surface area contributed by atoms with Gasteiger partial charge in [0.05, 0.1) is 25.7 Å². The molecule has 1 aromatic heterocycles. The van der Waals surface area contributed by atoms with Crippen LogP contribution in [0.3, 0.4) is 0 Å². The Morgan fingerprint density at radius 1 is 1.03 bits per heavy atom. The molecule has 1 heterocycles. The highest BCUT2D eigenvalue weighted by molar-refractivity contribution is 7.89. The van der Waals surface area contributed by atoms with Crippen LogP contribution in [-0.4, -0.2) is 46.5 Å². The number of sulfonamides is 1. The van der Waals surface area contributed by atoms with Gasteiger partial charge in [0.1, 0.15) is 17.4 Å². The van der Waals surface area contributed by atoms with Crippen LogP contribution in [0.1, 0.15) is 5.69 Å². The predicted molar refractivity (Wildman–Crippen MR) is 118 cm³/mol. The molecule has 3 rings (SSSR count). The minimum absolute atomic E-state index is 0.0967. The quantitative estimate of drug-likeness (QED) is 0.484. The molecule has 0 bridgehead atoms. The van der Waals surface area contributed by atoms with Crippen molar-refractivity contribution < 1.29 is 22.6 Å². The molecule has 30 heavy (non-hydrogen) atoms. The lowest BCUT2D eigenvalue weighted by Gasteiger charge is -2.08. The number of hydrogen-bond donors (Lipinski definition) is 1. The van der Waals surface area contributed by atoms with Gasteiger partial charge in [-0.1, -0.05) is 18.2 Å². The van der Waals surface area contributed by atoms with E-state index in [1.165, 1.54) is 11.3 Å². The van der Waals surface area contributed by atoms with Crippen LogP contribution in [0.2, 0.25) is 0 Å². The molecule has 2 aromatic carbocycles. The first-order valence-corrected chi connectivity index (χ1v) is 11.9. The lowest BCUT2D eigenvalue weighted by Crippen LogP contribution is -2.30. The van der Waals surface area contributed by atoms with E-state index in [9.17, 15) is 8.42 Å². The first kappa shape index (κ1) is 22.1. The van der Waals surface area contributed by atoms with E-state index in [0.717, 1.165) is 16.3 Å². The standard InChI is InChI=1S/C21H24N2O5S2/c1-26-19-9-8-16(14-20(19)27-2)21-23-17(15-29-21)10-11-22-30(24,25)13-12-28-18-6-4-3-5-7-18/h3-9,14-15,22H,10-13H2,1-2H3. The number of hydrogen-bond acceptors (Lipinski definition) is 7. The Kier molecular flexibility index (Phi) is 7.67. The van der Waals surface area contributed by atoms with Gasteiger partial charge in [-0.2, -0.15) is 0 Å². The molecule has 0 aliphatic heterocycles. The molecule has 0 atom stereocenters. The van der Waals surface area contributed by atoms with Crippen LogP contribution < -0.4 is 18.9 Å². The van der Waals surface area contributed by atoms with Crippen LogP contribution in [0.15, 0.2) is 53.9 Å². The summed E-state index contributed by atoms with van der Waals surface area (Å²) >= 11 is 1.50. The van der Waals surface area contributed by atoms with E-state index in [1.807, 2.05) is 41.8 Å². The van der Waals surface area contributed by atoms with Gasteiger partial charge in [-0.25, -0.2) is 18.1 Å². The summed E-state index contributed by atoms with van der Waals surface area (Å²) in [5.74, 6) is 1.84. The number of ether oxygens (including phenoxy) is 3. The smallest absolute Gasteiger partial charge is 0.214 e. The number of benzene rings is 2. The Bertz CT molecular complexity index is 1050. The predicted octanol–water partition coefficient (Wildman–Crippen LogP) is 3.37. The van der Waals surface area contributed by atoms with Gasteiger partial charge in [-0.15, -0.1) is 11.3 Å². The molecule has 0 unspecified atom stereocenters. The summed E-state index contributed by atoms with van der Waals surface area (Å²) in [6.45, 7) is 0.377. The minimum Gasteiger partial charge on any atom is -0.493 e. The van der Waals surface area contributed by atoms with E-state index in [0.29, 0.717) is 23.7 Å². The van der Waals surface area contributed by atoms with Crippen molar-refractivity contribution in [2.45, 2.75) is 6.42 Å². The molecule has 0 aliphatic carbocycles. The molecule has 0 amide bonds. The van der Waals surface area contributed by atoms with Crippen molar-refractivity contribution in [3.63, 3.8) is 0 Å². The highest BCUT2D eigenvalue weighted by atomic mass is 32.2. The average Bonchev–Trinajstić information content (AvgIpc) is 3.22. The number of para-hydroxylation sites is 1. The molecular formula is C21H24N2O5S2. The second kappa shape index (κ2) is 10.4. The number of nitrogens with one attached hydrogen (secondary N) is 1. The van der Waals surface area contributed by atoms with Crippen molar-refractivity contribution in [2.24, 2.45) is 0 Å². The Balaban J connectivity index is 1.49. The zero-order chi connectivity index (χ0) is 21.4. The van der Waals surface area contributed by atoms with Crippen molar-refractivity contribution in [2.75, 3.05) is 33.1 Å². The summed E-state index contributed by atoms with van der Waals surface area (Å²) in [4.78, 5) is 4.60. The lowest BCUT2D eigenvalue weighted by molar-refractivity contribution is 0.340. The van der Waals surface area contributed by atoms with Crippen molar-refractivity contribution in [1.29, 1.82) is 0 Å². The summed E-state index contributed by atoms with van der Waals surface area (Å²) < 4.78 is 42.9. The van der Waals surface area contributed by atoms with Gasteiger partial charge in [0.25, 0.3) is 0 Å². The summed E-state index contributed by atoms with van der Waals surface area (Å²) in [5, 5.41) is 2.77. The van der Waals surface area contributed by atoms with Crippen molar-refractivity contribution in [3.8, 4) is 27.8 Å². The average molecular weight is 449 g/mol. The third-order valence-corrected chi connectivity index (χ3v) is 6.54. The number of aromatic nitrogens is 1. The maximum absolute atomic E-state index is 12.1. The maximum atomic E-state index is 12.1.